The zero-order valence-electron chi connectivity index (χ0n) is 16.1. The first-order chi connectivity index (χ1) is 13.8. The van der Waals surface area contributed by atoms with Crippen LogP contribution in [0, 0.1) is 0 Å². The van der Waals surface area contributed by atoms with E-state index in [0.29, 0.717) is 6.04 Å². The van der Waals surface area contributed by atoms with E-state index < -0.39 is 0 Å². The van der Waals surface area contributed by atoms with Crippen molar-refractivity contribution in [1.29, 1.82) is 0 Å². The summed E-state index contributed by atoms with van der Waals surface area (Å²) in [6.07, 6.45) is 0.992. The van der Waals surface area contributed by atoms with Gasteiger partial charge in [0.05, 0.1) is 18.1 Å². The first kappa shape index (κ1) is 17.1. The molecule has 140 valence electrons. The molecule has 1 fully saturated rings. The molecule has 3 nitrogen and oxygen atoms in total. The molecule has 0 amide bonds. The summed E-state index contributed by atoms with van der Waals surface area (Å²) in [5.41, 5.74) is 4.06. The molecule has 0 aliphatic carbocycles. The SMILES string of the molecule is CN1C2=N[C@@H](Cc3ccccc3)CN2[C@@H](c2ccccc2)[C@@H]1c1ccccc1. The minimum atomic E-state index is 0.278. The van der Waals surface area contributed by atoms with Gasteiger partial charge in [-0.25, -0.2) is 4.99 Å². The highest BCUT2D eigenvalue weighted by Crippen LogP contribution is 2.46. The lowest BCUT2D eigenvalue weighted by Gasteiger charge is -2.29. The molecule has 0 saturated carbocycles. The first-order valence-electron chi connectivity index (χ1n) is 10.0. The predicted octanol–water partition coefficient (Wildman–Crippen LogP) is 4.70. The van der Waals surface area contributed by atoms with Crippen molar-refractivity contribution in [3.05, 3.63) is 108 Å². The number of aliphatic imine (C=N–C) groups is 1. The second kappa shape index (κ2) is 7.16. The van der Waals surface area contributed by atoms with Crippen LogP contribution in [-0.2, 0) is 6.42 Å². The second-order valence-electron chi connectivity index (χ2n) is 7.75. The van der Waals surface area contributed by atoms with Crippen molar-refractivity contribution in [1.82, 2.24) is 9.80 Å². The normalized spacial score (nSPS) is 23.6. The Morgan fingerprint density at radius 2 is 1.29 bits per heavy atom. The summed E-state index contributed by atoms with van der Waals surface area (Å²) in [4.78, 5) is 10.0. The Labute approximate surface area is 167 Å². The van der Waals surface area contributed by atoms with Gasteiger partial charge in [-0.1, -0.05) is 91.0 Å². The summed E-state index contributed by atoms with van der Waals surface area (Å²) in [7, 11) is 2.19. The van der Waals surface area contributed by atoms with Crippen molar-refractivity contribution in [3.63, 3.8) is 0 Å². The molecule has 0 N–H and O–H groups in total. The summed E-state index contributed by atoms with van der Waals surface area (Å²) in [6.45, 7) is 0.970. The van der Waals surface area contributed by atoms with Gasteiger partial charge in [-0.15, -0.1) is 0 Å². The van der Waals surface area contributed by atoms with Gasteiger partial charge in [-0.3, -0.25) is 0 Å². The Morgan fingerprint density at radius 1 is 0.750 bits per heavy atom. The van der Waals surface area contributed by atoms with Crippen LogP contribution in [0.15, 0.2) is 96.0 Å². The third-order valence-electron chi connectivity index (χ3n) is 5.93. The van der Waals surface area contributed by atoms with Crippen molar-refractivity contribution in [2.24, 2.45) is 4.99 Å². The molecule has 5 rings (SSSR count). The number of rotatable bonds is 4. The fourth-order valence-electron chi connectivity index (χ4n) is 4.69. The molecule has 0 radical (unpaired) electrons. The minimum Gasteiger partial charge on any atom is -0.336 e. The Morgan fingerprint density at radius 3 is 1.89 bits per heavy atom. The van der Waals surface area contributed by atoms with E-state index in [-0.39, 0.29) is 12.1 Å². The number of benzene rings is 3. The van der Waals surface area contributed by atoms with Crippen LogP contribution in [0.5, 0.6) is 0 Å². The fourth-order valence-corrected chi connectivity index (χ4v) is 4.69. The smallest absolute Gasteiger partial charge is 0.197 e. The maximum atomic E-state index is 5.15. The summed E-state index contributed by atoms with van der Waals surface area (Å²) in [5.74, 6) is 1.13. The van der Waals surface area contributed by atoms with E-state index in [0.717, 1.165) is 18.9 Å². The highest BCUT2D eigenvalue weighted by Gasteiger charge is 2.47. The molecule has 2 heterocycles. The van der Waals surface area contributed by atoms with E-state index in [4.69, 9.17) is 4.99 Å². The third kappa shape index (κ3) is 2.97. The van der Waals surface area contributed by atoms with E-state index in [1.54, 1.807) is 0 Å². The maximum absolute atomic E-state index is 5.15. The summed E-state index contributed by atoms with van der Waals surface area (Å²) in [6, 6.07) is 33.3. The Balaban J connectivity index is 1.50. The van der Waals surface area contributed by atoms with Crippen molar-refractivity contribution < 1.29 is 0 Å². The standard InChI is InChI=1S/C25H25N3/c1-27-23(20-13-7-3-8-14-20)24(21-15-9-4-10-16-21)28-18-22(26-25(27)28)17-19-11-5-2-6-12-19/h2-16,22-24H,17-18H2,1H3/t22-,23-,24-/m0/s1. The van der Waals surface area contributed by atoms with Crippen LogP contribution in [0.4, 0.5) is 0 Å². The van der Waals surface area contributed by atoms with Gasteiger partial charge in [-0.2, -0.15) is 0 Å². The zero-order valence-corrected chi connectivity index (χ0v) is 16.1. The molecule has 28 heavy (non-hydrogen) atoms. The highest BCUT2D eigenvalue weighted by molar-refractivity contribution is 5.85. The van der Waals surface area contributed by atoms with Crippen molar-refractivity contribution in [3.8, 4) is 0 Å². The molecular formula is C25H25N3. The van der Waals surface area contributed by atoms with E-state index >= 15 is 0 Å². The van der Waals surface area contributed by atoms with Crippen LogP contribution in [-0.4, -0.2) is 35.4 Å². The van der Waals surface area contributed by atoms with E-state index in [9.17, 15) is 0 Å². The van der Waals surface area contributed by atoms with Gasteiger partial charge in [0.15, 0.2) is 5.96 Å². The molecule has 2 aliphatic rings. The fraction of sp³-hybridized carbons (Fsp3) is 0.240. The van der Waals surface area contributed by atoms with Crippen molar-refractivity contribution in [2.75, 3.05) is 13.6 Å². The zero-order chi connectivity index (χ0) is 18.9. The van der Waals surface area contributed by atoms with Gasteiger partial charge in [0.2, 0.25) is 0 Å². The van der Waals surface area contributed by atoms with Crippen LogP contribution >= 0.6 is 0 Å². The summed E-state index contributed by atoms with van der Waals surface area (Å²) < 4.78 is 0. The molecule has 1 saturated heterocycles. The van der Waals surface area contributed by atoms with Gasteiger partial charge in [0.25, 0.3) is 0 Å². The van der Waals surface area contributed by atoms with Crippen LogP contribution in [0.25, 0.3) is 0 Å². The first-order valence-corrected chi connectivity index (χ1v) is 10.0. The predicted molar refractivity (Wildman–Crippen MR) is 114 cm³/mol. The second-order valence-corrected chi connectivity index (χ2v) is 7.75. The Kier molecular flexibility index (Phi) is 4.36. The number of fused-ring (bicyclic) bond motifs is 1. The molecular weight excluding hydrogens is 342 g/mol. The molecule has 3 aromatic carbocycles. The number of guanidine groups is 1. The summed E-state index contributed by atoms with van der Waals surface area (Å²) in [5, 5.41) is 0. The number of likely N-dealkylation sites (N-methyl/N-ethyl adjacent to an activating group) is 1. The van der Waals surface area contributed by atoms with E-state index in [1.165, 1.54) is 16.7 Å². The van der Waals surface area contributed by atoms with Crippen molar-refractivity contribution in [2.45, 2.75) is 24.5 Å². The molecule has 2 aliphatic heterocycles. The lowest BCUT2D eigenvalue weighted by Crippen LogP contribution is -2.30. The van der Waals surface area contributed by atoms with Crippen molar-refractivity contribution >= 4 is 5.96 Å². The lowest BCUT2D eigenvalue weighted by atomic mass is 9.93. The van der Waals surface area contributed by atoms with Gasteiger partial charge in [-0.05, 0) is 23.1 Å². The average Bonchev–Trinajstić information content (AvgIpc) is 3.27. The molecule has 0 aromatic heterocycles. The molecule has 0 bridgehead atoms. The molecule has 0 unspecified atom stereocenters. The van der Waals surface area contributed by atoms with Gasteiger partial charge < -0.3 is 9.80 Å². The Hall–Kier alpha value is -3.07. The average molecular weight is 367 g/mol. The van der Waals surface area contributed by atoms with Gasteiger partial charge in [0.1, 0.15) is 0 Å². The van der Waals surface area contributed by atoms with Crippen LogP contribution in [0.3, 0.4) is 0 Å². The molecule has 3 aromatic rings. The monoisotopic (exact) mass is 367 g/mol. The minimum absolute atomic E-state index is 0.278. The van der Waals surface area contributed by atoms with Gasteiger partial charge in [0, 0.05) is 13.6 Å². The molecule has 3 atom stereocenters. The topological polar surface area (TPSA) is 18.8 Å². The largest absolute Gasteiger partial charge is 0.336 e. The maximum Gasteiger partial charge on any atom is 0.197 e. The summed E-state index contributed by atoms with van der Waals surface area (Å²) >= 11 is 0. The Bertz CT molecular complexity index is 953. The number of hydrogen-bond donors (Lipinski definition) is 0. The number of hydrogen-bond acceptors (Lipinski definition) is 3. The van der Waals surface area contributed by atoms with Crippen LogP contribution in [0.1, 0.15) is 28.8 Å². The molecule has 3 heteroatoms. The van der Waals surface area contributed by atoms with E-state index in [2.05, 4.69) is 108 Å². The quantitative estimate of drug-likeness (QED) is 0.666. The van der Waals surface area contributed by atoms with Gasteiger partial charge >= 0.3 is 0 Å². The van der Waals surface area contributed by atoms with Crippen LogP contribution in [0.2, 0.25) is 0 Å². The lowest BCUT2D eigenvalue weighted by molar-refractivity contribution is 0.282. The molecule has 0 spiro atoms. The van der Waals surface area contributed by atoms with E-state index in [1.807, 2.05) is 0 Å². The highest BCUT2D eigenvalue weighted by atomic mass is 15.5. The van der Waals surface area contributed by atoms with Crippen LogP contribution < -0.4 is 0 Å². The third-order valence-corrected chi connectivity index (χ3v) is 5.93. The number of nitrogens with zero attached hydrogens (tertiary/aromatic N) is 3.